The molecule has 2 unspecified atom stereocenters. The van der Waals surface area contributed by atoms with E-state index in [4.69, 9.17) is 24.3 Å². The normalized spacial score (nSPS) is 13.6. The van der Waals surface area contributed by atoms with Gasteiger partial charge < -0.3 is 20.1 Å². The Bertz CT molecular complexity index is 682. The van der Waals surface area contributed by atoms with Crippen LogP contribution in [0.2, 0.25) is 0 Å². The fraction of sp³-hybridized carbons (Fsp3) is 0.973. The number of hydrogen-bond donors (Lipinski definition) is 2. The first kappa shape index (κ1) is 45.5. The van der Waals surface area contributed by atoms with Crippen LogP contribution >= 0.6 is 7.82 Å². The number of ether oxygens (including phenoxy) is 2. The summed E-state index contributed by atoms with van der Waals surface area (Å²) in [4.78, 5) is 21.6. The lowest BCUT2D eigenvalue weighted by Crippen LogP contribution is -2.28. The Morgan fingerprint density at radius 2 is 0.957 bits per heavy atom. The highest BCUT2D eigenvalue weighted by Crippen LogP contribution is 2.43. The van der Waals surface area contributed by atoms with Crippen LogP contribution in [0.15, 0.2) is 0 Å². The molecule has 2 atom stereocenters. The summed E-state index contributed by atoms with van der Waals surface area (Å²) in [7, 11) is -4.23. The van der Waals surface area contributed by atoms with Gasteiger partial charge in [0.15, 0.2) is 0 Å². The van der Waals surface area contributed by atoms with Crippen molar-refractivity contribution in [3.8, 4) is 0 Å². The van der Waals surface area contributed by atoms with E-state index in [0.717, 1.165) is 12.8 Å². The van der Waals surface area contributed by atoms with Gasteiger partial charge in [0.1, 0.15) is 6.10 Å². The van der Waals surface area contributed by atoms with Crippen molar-refractivity contribution in [2.24, 2.45) is 5.73 Å². The quantitative estimate of drug-likeness (QED) is 0.0377. The second kappa shape index (κ2) is 35.8. The molecular weight excluding hydrogens is 601 g/mol. The molecule has 0 fully saturated rings. The molecule has 0 aliphatic rings. The highest BCUT2D eigenvalue weighted by molar-refractivity contribution is 7.47. The van der Waals surface area contributed by atoms with E-state index in [0.29, 0.717) is 13.0 Å². The van der Waals surface area contributed by atoms with Gasteiger partial charge in [-0.05, 0) is 12.8 Å². The lowest BCUT2D eigenvalue weighted by atomic mass is 10.0. The van der Waals surface area contributed by atoms with Crippen molar-refractivity contribution in [2.45, 2.75) is 200 Å². The van der Waals surface area contributed by atoms with Gasteiger partial charge in [0, 0.05) is 19.6 Å². The average Bonchev–Trinajstić information content (AvgIpc) is 3.04. The second-order valence-corrected chi connectivity index (χ2v) is 14.6. The summed E-state index contributed by atoms with van der Waals surface area (Å²) in [6.07, 6.45) is 35.9. The first-order valence-electron chi connectivity index (χ1n) is 19.5. The molecule has 0 aliphatic carbocycles. The van der Waals surface area contributed by atoms with Crippen molar-refractivity contribution in [3.63, 3.8) is 0 Å². The minimum absolute atomic E-state index is 0.0931. The Balaban J connectivity index is 3.49. The number of nitrogens with two attached hydrogens (primary N) is 1. The Morgan fingerprint density at radius 3 is 1.33 bits per heavy atom. The summed E-state index contributed by atoms with van der Waals surface area (Å²) >= 11 is 0. The maximum atomic E-state index is 11.9. The molecule has 9 heteroatoms. The standard InChI is InChI=1S/C37H76NO7P/c1-3-5-6-7-8-9-10-11-12-13-14-15-16-17-18-19-20-21-22-23-24-25-26-27-28-29-32-42-34-36(45-37(39)30-4-2)35-44-46(40,41)43-33-31-38/h36H,3-35,38H2,1-2H3,(H,40,41). The largest absolute Gasteiger partial charge is 0.472 e. The third-order valence-corrected chi connectivity index (χ3v) is 9.48. The molecule has 276 valence electrons. The predicted molar refractivity (Wildman–Crippen MR) is 192 cm³/mol. The number of carbonyl (C=O) groups excluding carboxylic acids is 1. The zero-order valence-electron chi connectivity index (χ0n) is 30.3. The number of rotatable bonds is 38. The zero-order chi connectivity index (χ0) is 33.8. The molecule has 0 saturated heterocycles. The highest BCUT2D eigenvalue weighted by atomic mass is 31.2. The first-order valence-corrected chi connectivity index (χ1v) is 21.0. The van der Waals surface area contributed by atoms with E-state index in [1.165, 1.54) is 154 Å². The van der Waals surface area contributed by atoms with Crippen LogP contribution in [0.25, 0.3) is 0 Å². The van der Waals surface area contributed by atoms with Gasteiger partial charge in [0.25, 0.3) is 0 Å². The number of phosphoric acid groups is 1. The Hall–Kier alpha value is -0.500. The molecule has 0 aromatic heterocycles. The van der Waals surface area contributed by atoms with Gasteiger partial charge in [-0.1, -0.05) is 174 Å². The van der Waals surface area contributed by atoms with Crippen LogP contribution in [0.5, 0.6) is 0 Å². The van der Waals surface area contributed by atoms with E-state index < -0.39 is 13.9 Å². The van der Waals surface area contributed by atoms with Crippen molar-refractivity contribution >= 4 is 13.8 Å². The number of phosphoric ester groups is 1. The number of esters is 1. The summed E-state index contributed by atoms with van der Waals surface area (Å²) in [5, 5.41) is 0. The van der Waals surface area contributed by atoms with Crippen molar-refractivity contribution in [3.05, 3.63) is 0 Å². The first-order chi connectivity index (χ1) is 22.4. The van der Waals surface area contributed by atoms with Crippen LogP contribution in [0.1, 0.15) is 194 Å². The molecule has 0 spiro atoms. The molecule has 0 amide bonds. The second-order valence-electron chi connectivity index (χ2n) is 13.2. The van der Waals surface area contributed by atoms with Crippen LogP contribution in [-0.2, 0) is 27.9 Å². The lowest BCUT2D eigenvalue weighted by molar-refractivity contribution is -0.154. The highest BCUT2D eigenvalue weighted by Gasteiger charge is 2.25. The van der Waals surface area contributed by atoms with Crippen molar-refractivity contribution < 1.29 is 32.8 Å². The summed E-state index contributed by atoms with van der Waals surface area (Å²) in [5.74, 6) is -0.379. The molecule has 0 rings (SSSR count). The van der Waals surface area contributed by atoms with Gasteiger partial charge in [-0.2, -0.15) is 0 Å². The molecule has 0 heterocycles. The molecule has 46 heavy (non-hydrogen) atoms. The number of carbonyl (C=O) groups is 1. The zero-order valence-corrected chi connectivity index (χ0v) is 31.2. The molecule has 0 radical (unpaired) electrons. The minimum Gasteiger partial charge on any atom is -0.457 e. The van der Waals surface area contributed by atoms with E-state index in [1.54, 1.807) is 0 Å². The van der Waals surface area contributed by atoms with Crippen LogP contribution in [0.3, 0.4) is 0 Å². The van der Waals surface area contributed by atoms with Gasteiger partial charge in [-0.15, -0.1) is 0 Å². The van der Waals surface area contributed by atoms with Gasteiger partial charge in [-0.3, -0.25) is 13.8 Å². The third kappa shape index (κ3) is 34.8. The van der Waals surface area contributed by atoms with Crippen LogP contribution < -0.4 is 5.73 Å². The average molecular weight is 678 g/mol. The molecule has 0 saturated carbocycles. The summed E-state index contributed by atoms with van der Waals surface area (Å²) in [6, 6.07) is 0. The van der Waals surface area contributed by atoms with Crippen molar-refractivity contribution in [1.29, 1.82) is 0 Å². The van der Waals surface area contributed by atoms with Crippen molar-refractivity contribution in [1.82, 2.24) is 0 Å². The number of unbranched alkanes of at least 4 members (excludes halogenated alkanes) is 25. The van der Waals surface area contributed by atoms with Gasteiger partial charge in [0.2, 0.25) is 0 Å². The fourth-order valence-electron chi connectivity index (χ4n) is 5.68. The van der Waals surface area contributed by atoms with E-state index >= 15 is 0 Å². The van der Waals surface area contributed by atoms with E-state index in [-0.39, 0.29) is 38.8 Å². The van der Waals surface area contributed by atoms with E-state index in [2.05, 4.69) is 6.92 Å². The molecule has 0 aromatic rings. The molecule has 0 aromatic carbocycles. The molecule has 0 bridgehead atoms. The summed E-state index contributed by atoms with van der Waals surface area (Å²) in [5.41, 5.74) is 5.29. The molecular formula is C37H76NO7P. The summed E-state index contributed by atoms with van der Waals surface area (Å²) in [6.45, 7) is 4.59. The summed E-state index contributed by atoms with van der Waals surface area (Å²) < 4.78 is 32.6. The topological polar surface area (TPSA) is 117 Å². The van der Waals surface area contributed by atoms with Gasteiger partial charge in [-0.25, -0.2) is 4.57 Å². The maximum absolute atomic E-state index is 11.9. The molecule has 8 nitrogen and oxygen atoms in total. The predicted octanol–water partition coefficient (Wildman–Crippen LogP) is 11.0. The minimum atomic E-state index is -4.23. The van der Waals surface area contributed by atoms with E-state index in [1.807, 2.05) is 6.92 Å². The monoisotopic (exact) mass is 678 g/mol. The number of hydrogen-bond acceptors (Lipinski definition) is 7. The van der Waals surface area contributed by atoms with Crippen LogP contribution in [0.4, 0.5) is 0 Å². The third-order valence-electron chi connectivity index (χ3n) is 8.49. The van der Waals surface area contributed by atoms with Crippen molar-refractivity contribution in [2.75, 3.05) is 33.0 Å². The van der Waals surface area contributed by atoms with E-state index in [9.17, 15) is 14.3 Å². The SMILES string of the molecule is CCCCCCCCCCCCCCCCCCCCCCCCCCCCOCC(COP(=O)(O)OCCN)OC(=O)CCC. The Morgan fingerprint density at radius 1 is 0.565 bits per heavy atom. The lowest BCUT2D eigenvalue weighted by Gasteiger charge is -2.19. The Labute approximate surface area is 284 Å². The van der Waals surface area contributed by atoms with Gasteiger partial charge in [0.05, 0.1) is 19.8 Å². The Kier molecular flexibility index (Phi) is 35.4. The maximum Gasteiger partial charge on any atom is 0.472 e. The molecule has 0 aliphatic heterocycles. The fourth-order valence-corrected chi connectivity index (χ4v) is 6.45. The van der Waals surface area contributed by atoms with Crippen LogP contribution in [-0.4, -0.2) is 49.9 Å². The van der Waals surface area contributed by atoms with Gasteiger partial charge >= 0.3 is 13.8 Å². The smallest absolute Gasteiger partial charge is 0.457 e. The molecule has 3 N–H and O–H groups in total. The van der Waals surface area contributed by atoms with Crippen LogP contribution in [0, 0.1) is 0 Å².